The first-order valence-corrected chi connectivity index (χ1v) is 16.2. The average molecular weight is 543 g/mol. The third kappa shape index (κ3) is 6.85. The van der Waals surface area contributed by atoms with Gasteiger partial charge in [-0.25, -0.2) is 9.78 Å². The molecule has 1 aromatic heterocycles. The summed E-state index contributed by atoms with van der Waals surface area (Å²) in [6.07, 6.45) is 0.730. The third-order valence-corrected chi connectivity index (χ3v) is 12.0. The number of hydrogen-bond acceptors (Lipinski definition) is 5. The number of imidazole rings is 1. The van der Waals surface area contributed by atoms with Gasteiger partial charge in [0.15, 0.2) is 14.0 Å². The maximum Gasteiger partial charge on any atom is 0.356 e. The van der Waals surface area contributed by atoms with Crippen molar-refractivity contribution in [2.75, 3.05) is 13.7 Å². The van der Waals surface area contributed by atoms with Crippen molar-refractivity contribution in [1.82, 2.24) is 9.97 Å². The van der Waals surface area contributed by atoms with Crippen LogP contribution in [0.1, 0.15) is 55.0 Å². The second-order valence-corrected chi connectivity index (χ2v) is 15.9. The molecule has 0 radical (unpaired) electrons. The Bertz CT molecular complexity index is 1360. The molecule has 4 aromatic rings. The highest BCUT2D eigenvalue weighted by Gasteiger charge is 2.37. The number of esters is 1. The Morgan fingerprint density at radius 2 is 1.49 bits per heavy atom. The summed E-state index contributed by atoms with van der Waals surface area (Å²) in [5.41, 5.74) is 2.78. The highest BCUT2D eigenvalue weighted by molar-refractivity contribution is 6.74. The van der Waals surface area contributed by atoms with E-state index in [2.05, 4.69) is 51.0 Å². The molecule has 1 N–H and O–H groups in total. The van der Waals surface area contributed by atoms with E-state index >= 15 is 0 Å². The molecule has 0 aliphatic heterocycles. The fourth-order valence-electron chi connectivity index (χ4n) is 4.12. The molecule has 1 unspecified atom stereocenters. The molecule has 204 valence electrons. The predicted molar refractivity (Wildman–Crippen MR) is 158 cm³/mol. The highest BCUT2D eigenvalue weighted by atomic mass is 28.4. The molecule has 6 nitrogen and oxygen atoms in total. The molecule has 0 fully saturated rings. The molecule has 0 saturated heterocycles. The zero-order valence-corrected chi connectivity index (χ0v) is 24.7. The molecule has 0 amide bonds. The number of aromatic amines is 1. The number of carbonyl (C=O) groups excluding carboxylic acids is 1. The quantitative estimate of drug-likeness (QED) is 0.161. The molecule has 1 atom stereocenters. The zero-order valence-electron chi connectivity index (χ0n) is 23.7. The van der Waals surface area contributed by atoms with Gasteiger partial charge in [0.05, 0.1) is 7.11 Å². The summed E-state index contributed by atoms with van der Waals surface area (Å²) in [5, 5.41) is 0.127. The molecule has 39 heavy (non-hydrogen) atoms. The van der Waals surface area contributed by atoms with Gasteiger partial charge in [0.2, 0.25) is 0 Å². The monoisotopic (exact) mass is 542 g/mol. The van der Waals surface area contributed by atoms with Crippen LogP contribution in [0.2, 0.25) is 18.1 Å². The number of aromatic nitrogens is 2. The number of carbonyl (C=O) groups is 1. The van der Waals surface area contributed by atoms with Crippen LogP contribution in [0.5, 0.6) is 11.5 Å². The molecule has 4 rings (SSSR count). The molecule has 3 aromatic carbocycles. The molecular weight excluding hydrogens is 504 g/mol. The Kier molecular flexibility index (Phi) is 8.72. The van der Waals surface area contributed by atoms with Crippen LogP contribution in [0.25, 0.3) is 11.3 Å². The van der Waals surface area contributed by atoms with E-state index in [0.717, 1.165) is 23.3 Å². The molecule has 1 heterocycles. The van der Waals surface area contributed by atoms with Gasteiger partial charge in [-0.2, -0.15) is 0 Å². The lowest BCUT2D eigenvalue weighted by atomic mass is 9.95. The van der Waals surface area contributed by atoms with Gasteiger partial charge in [0, 0.05) is 18.1 Å². The van der Waals surface area contributed by atoms with Crippen LogP contribution in [-0.4, -0.2) is 38.0 Å². The lowest BCUT2D eigenvalue weighted by Gasteiger charge is -2.36. The molecule has 7 heteroatoms. The Morgan fingerprint density at radius 3 is 2.08 bits per heavy atom. The van der Waals surface area contributed by atoms with Gasteiger partial charge in [-0.05, 0) is 66.5 Å². The summed E-state index contributed by atoms with van der Waals surface area (Å²) >= 11 is 0. The van der Waals surface area contributed by atoms with Crippen molar-refractivity contribution in [2.45, 2.75) is 51.2 Å². The van der Waals surface area contributed by atoms with Crippen LogP contribution < -0.4 is 4.74 Å². The van der Waals surface area contributed by atoms with E-state index in [4.69, 9.17) is 18.9 Å². The van der Waals surface area contributed by atoms with Crippen LogP contribution in [0.4, 0.5) is 0 Å². The molecule has 0 saturated carbocycles. The Labute approximate surface area is 232 Å². The Hall–Kier alpha value is -3.68. The number of nitrogens with one attached hydrogen (secondary N) is 1. The SMILES string of the molecule is COC(=O)c1[nH]c(C(CCO[Si](C)(C)C(C)(C)C)c2ccccc2)nc1-c1ccc(Oc2ccccc2)cc1. The van der Waals surface area contributed by atoms with E-state index in [1.54, 1.807) is 0 Å². The van der Waals surface area contributed by atoms with Gasteiger partial charge < -0.3 is 18.9 Å². The first-order chi connectivity index (χ1) is 18.6. The van der Waals surface area contributed by atoms with Crippen molar-refractivity contribution in [3.05, 3.63) is 102 Å². The van der Waals surface area contributed by atoms with Crippen LogP contribution in [0.3, 0.4) is 0 Å². The summed E-state index contributed by atoms with van der Waals surface area (Å²) in [7, 11) is -0.526. The van der Waals surface area contributed by atoms with Crippen molar-refractivity contribution in [2.24, 2.45) is 0 Å². The highest BCUT2D eigenvalue weighted by Crippen LogP contribution is 2.38. The van der Waals surface area contributed by atoms with E-state index < -0.39 is 14.3 Å². The summed E-state index contributed by atoms with van der Waals surface area (Å²) < 4.78 is 17.6. The number of H-pyrrole nitrogens is 1. The van der Waals surface area contributed by atoms with Crippen LogP contribution >= 0.6 is 0 Å². The van der Waals surface area contributed by atoms with E-state index in [9.17, 15) is 4.79 Å². The van der Waals surface area contributed by atoms with Crippen LogP contribution in [0, 0.1) is 0 Å². The summed E-state index contributed by atoms with van der Waals surface area (Å²) in [6, 6.07) is 27.4. The van der Waals surface area contributed by atoms with Gasteiger partial charge in [0.1, 0.15) is 23.0 Å². The van der Waals surface area contributed by atoms with Crippen molar-refractivity contribution in [3.63, 3.8) is 0 Å². The lowest BCUT2D eigenvalue weighted by molar-refractivity contribution is 0.0595. The predicted octanol–water partition coefficient (Wildman–Crippen LogP) is 8.20. The van der Waals surface area contributed by atoms with Gasteiger partial charge >= 0.3 is 5.97 Å². The van der Waals surface area contributed by atoms with Crippen molar-refractivity contribution in [3.8, 4) is 22.8 Å². The van der Waals surface area contributed by atoms with Crippen LogP contribution in [-0.2, 0) is 9.16 Å². The van der Waals surface area contributed by atoms with Crippen molar-refractivity contribution < 1.29 is 18.7 Å². The van der Waals surface area contributed by atoms with Gasteiger partial charge in [-0.15, -0.1) is 0 Å². The molecule has 0 bridgehead atoms. The zero-order chi connectivity index (χ0) is 28.0. The minimum absolute atomic E-state index is 0.0752. The van der Waals surface area contributed by atoms with Gasteiger partial charge in [-0.3, -0.25) is 0 Å². The number of hydrogen-bond donors (Lipinski definition) is 1. The fraction of sp³-hybridized carbons (Fsp3) is 0.312. The first-order valence-electron chi connectivity index (χ1n) is 13.3. The number of nitrogens with zero attached hydrogens (tertiary/aromatic N) is 1. The second-order valence-electron chi connectivity index (χ2n) is 11.1. The van der Waals surface area contributed by atoms with E-state index in [1.165, 1.54) is 7.11 Å². The topological polar surface area (TPSA) is 73.4 Å². The Morgan fingerprint density at radius 1 is 0.897 bits per heavy atom. The maximum atomic E-state index is 12.8. The minimum Gasteiger partial charge on any atom is -0.464 e. The van der Waals surface area contributed by atoms with Crippen molar-refractivity contribution >= 4 is 14.3 Å². The fourth-order valence-corrected chi connectivity index (χ4v) is 5.18. The lowest BCUT2D eigenvalue weighted by Crippen LogP contribution is -2.41. The Balaban J connectivity index is 1.64. The number of benzene rings is 3. The van der Waals surface area contributed by atoms with E-state index in [-0.39, 0.29) is 11.0 Å². The molecule has 0 spiro atoms. The normalized spacial score (nSPS) is 12.7. The standard InChI is InChI=1S/C32H38N2O4Si/c1-32(2,3)39(5,6)37-22-21-27(23-13-9-7-10-14-23)30-33-28(29(34-30)31(35)36-4)24-17-19-26(20-18-24)38-25-15-11-8-12-16-25/h7-20,27H,21-22H2,1-6H3,(H,33,34). The smallest absolute Gasteiger partial charge is 0.356 e. The number of rotatable bonds is 10. The summed E-state index contributed by atoms with van der Waals surface area (Å²) in [6.45, 7) is 11.8. The van der Waals surface area contributed by atoms with Gasteiger partial charge in [-0.1, -0.05) is 69.3 Å². The van der Waals surface area contributed by atoms with E-state index in [1.807, 2.05) is 72.8 Å². The second kappa shape index (κ2) is 12.0. The largest absolute Gasteiger partial charge is 0.464 e. The van der Waals surface area contributed by atoms with Crippen LogP contribution in [0.15, 0.2) is 84.9 Å². The minimum atomic E-state index is -1.91. The maximum absolute atomic E-state index is 12.8. The summed E-state index contributed by atoms with van der Waals surface area (Å²) in [5.74, 6) is 1.63. The number of methoxy groups -OCH3 is 1. The first kappa shape index (κ1) is 28.3. The average Bonchev–Trinajstić information content (AvgIpc) is 3.36. The summed E-state index contributed by atoms with van der Waals surface area (Å²) in [4.78, 5) is 21.1. The molecular formula is C32H38N2O4Si. The van der Waals surface area contributed by atoms with E-state index in [0.29, 0.717) is 29.6 Å². The van der Waals surface area contributed by atoms with Gasteiger partial charge in [0.25, 0.3) is 0 Å². The number of ether oxygens (including phenoxy) is 2. The molecule has 0 aliphatic rings. The third-order valence-electron chi connectivity index (χ3n) is 7.43. The number of para-hydroxylation sites is 1. The van der Waals surface area contributed by atoms with Crippen molar-refractivity contribution in [1.29, 1.82) is 0 Å². The molecule has 0 aliphatic carbocycles.